The van der Waals surface area contributed by atoms with E-state index in [0.29, 0.717) is 5.75 Å². The highest BCUT2D eigenvalue weighted by Crippen LogP contribution is 2.23. The number of hydrogen-bond donors (Lipinski definition) is 5. The van der Waals surface area contributed by atoms with Crippen molar-refractivity contribution in [2.75, 3.05) is 12.3 Å². The van der Waals surface area contributed by atoms with Crippen LogP contribution in [-0.2, 0) is 24.9 Å². The number of nitrogens with two attached hydrogens (primary N) is 1. The molecule has 0 saturated heterocycles. The van der Waals surface area contributed by atoms with Gasteiger partial charge in [0.05, 0.1) is 0 Å². The van der Waals surface area contributed by atoms with Gasteiger partial charge in [0.1, 0.15) is 18.6 Å². The van der Waals surface area contributed by atoms with Gasteiger partial charge in [-0.2, -0.15) is 11.8 Å². The van der Waals surface area contributed by atoms with Crippen LogP contribution in [-0.4, -0.2) is 58.3 Å². The second kappa shape index (κ2) is 11.9. The molecule has 0 radical (unpaired) electrons. The van der Waals surface area contributed by atoms with Crippen molar-refractivity contribution in [2.45, 2.75) is 30.7 Å². The number of carbonyl (C=O) groups is 4. The molecule has 166 valence electrons. The minimum absolute atomic E-state index is 0.0756. The number of benzene rings is 2. The largest absolute Gasteiger partial charge is 0.480 e. The van der Waals surface area contributed by atoms with Crippen LogP contribution in [0.4, 0.5) is 0 Å². The number of nitrogens with one attached hydrogen (secondary N) is 2. The highest BCUT2D eigenvalue weighted by Gasteiger charge is 2.22. The number of aliphatic carboxylic acids is 2. The summed E-state index contributed by atoms with van der Waals surface area (Å²) in [5, 5.41) is 24.6. The summed E-state index contributed by atoms with van der Waals surface area (Å²) in [4.78, 5) is 46.0. The molecular formula is C21H25N3O6S. The van der Waals surface area contributed by atoms with E-state index < -0.39 is 42.4 Å². The minimum Gasteiger partial charge on any atom is -0.480 e. The second-order valence-corrected chi connectivity index (χ2v) is 7.90. The molecule has 2 aromatic rings. The molecule has 0 spiro atoms. The number of rotatable bonds is 12. The molecular weight excluding hydrogens is 422 g/mol. The Kier molecular flexibility index (Phi) is 9.29. The van der Waals surface area contributed by atoms with E-state index in [2.05, 4.69) is 10.6 Å². The molecule has 31 heavy (non-hydrogen) atoms. The maximum absolute atomic E-state index is 12.4. The zero-order valence-corrected chi connectivity index (χ0v) is 17.6. The summed E-state index contributed by atoms with van der Waals surface area (Å²) >= 11 is 1.42. The third-order valence-corrected chi connectivity index (χ3v) is 5.57. The van der Waals surface area contributed by atoms with Crippen molar-refractivity contribution in [1.29, 1.82) is 0 Å². The van der Waals surface area contributed by atoms with Crippen LogP contribution in [0.3, 0.4) is 0 Å². The predicted molar refractivity (Wildman–Crippen MR) is 118 cm³/mol. The molecule has 0 saturated carbocycles. The van der Waals surface area contributed by atoms with Gasteiger partial charge in [-0.25, -0.2) is 0 Å². The average Bonchev–Trinajstić information content (AvgIpc) is 2.75. The van der Waals surface area contributed by atoms with Crippen LogP contribution in [0.5, 0.6) is 0 Å². The highest BCUT2D eigenvalue weighted by molar-refractivity contribution is 7.98. The van der Waals surface area contributed by atoms with E-state index in [1.165, 1.54) is 11.8 Å². The number of carboxylic acids is 2. The Morgan fingerprint density at radius 3 is 2.45 bits per heavy atom. The van der Waals surface area contributed by atoms with Crippen molar-refractivity contribution in [3.63, 3.8) is 0 Å². The van der Waals surface area contributed by atoms with E-state index >= 15 is 0 Å². The fourth-order valence-electron chi connectivity index (χ4n) is 2.85. The summed E-state index contributed by atoms with van der Waals surface area (Å²) < 4.78 is 0. The van der Waals surface area contributed by atoms with Crippen molar-refractivity contribution in [1.82, 2.24) is 10.6 Å². The Hall–Kier alpha value is -3.11. The molecule has 0 fully saturated rings. The normalized spacial score (nSPS) is 12.7. The van der Waals surface area contributed by atoms with Gasteiger partial charge in [0.25, 0.3) is 0 Å². The number of carbonyl (C=O) groups excluding carboxylic acids is 2. The van der Waals surface area contributed by atoms with Crippen molar-refractivity contribution in [3.05, 3.63) is 48.0 Å². The van der Waals surface area contributed by atoms with Gasteiger partial charge in [0.2, 0.25) is 11.8 Å². The number of thioether (sulfide) groups is 1. The number of amides is 2. The van der Waals surface area contributed by atoms with Gasteiger partial charge in [-0.15, -0.1) is 0 Å². The van der Waals surface area contributed by atoms with Gasteiger partial charge < -0.3 is 26.6 Å². The lowest BCUT2D eigenvalue weighted by Gasteiger charge is -2.18. The summed E-state index contributed by atoms with van der Waals surface area (Å²) in [5.41, 5.74) is 6.47. The smallest absolute Gasteiger partial charge is 0.322 e. The Morgan fingerprint density at radius 2 is 1.74 bits per heavy atom. The molecule has 6 N–H and O–H groups in total. The van der Waals surface area contributed by atoms with Crippen LogP contribution in [0.2, 0.25) is 0 Å². The van der Waals surface area contributed by atoms with Gasteiger partial charge in [-0.1, -0.05) is 42.5 Å². The summed E-state index contributed by atoms with van der Waals surface area (Å²) in [6.45, 7) is -0.566. The lowest BCUT2D eigenvalue weighted by atomic mass is 10.1. The Balaban J connectivity index is 1.98. The van der Waals surface area contributed by atoms with Gasteiger partial charge in [0.15, 0.2) is 0 Å². The third kappa shape index (κ3) is 7.91. The summed E-state index contributed by atoms with van der Waals surface area (Å²) in [6, 6.07) is 11.7. The lowest BCUT2D eigenvalue weighted by Crippen LogP contribution is -2.49. The van der Waals surface area contributed by atoms with Gasteiger partial charge in [-0.3, -0.25) is 19.2 Å². The monoisotopic (exact) mass is 447 g/mol. The summed E-state index contributed by atoms with van der Waals surface area (Å²) in [7, 11) is 0. The standard InChI is InChI=1S/C21H25N3O6S/c22-16(21(29)30)8-9-18(25)24-17(20(28)23-10-19(26)27)12-31-11-14-6-3-5-13-4-1-2-7-15(13)14/h1-7,16-17H,8-12,22H2,(H,23,28)(H,24,25)(H,26,27)(H,29,30)/t16-,17-/m0/s1. The Morgan fingerprint density at radius 1 is 1.03 bits per heavy atom. The topological polar surface area (TPSA) is 159 Å². The zero-order valence-electron chi connectivity index (χ0n) is 16.7. The van der Waals surface area contributed by atoms with Crippen LogP contribution in [0.25, 0.3) is 10.8 Å². The van der Waals surface area contributed by atoms with Crippen molar-refractivity contribution < 1.29 is 29.4 Å². The molecule has 0 aliphatic rings. The molecule has 9 nitrogen and oxygen atoms in total. The molecule has 2 amide bonds. The molecule has 2 atom stereocenters. The van der Waals surface area contributed by atoms with E-state index in [1.807, 2.05) is 42.5 Å². The van der Waals surface area contributed by atoms with Gasteiger partial charge in [0, 0.05) is 17.9 Å². The van der Waals surface area contributed by atoms with Gasteiger partial charge in [-0.05, 0) is 22.8 Å². The van der Waals surface area contributed by atoms with E-state index in [1.54, 1.807) is 0 Å². The first-order chi connectivity index (χ1) is 14.8. The predicted octanol–water partition coefficient (Wildman–Crippen LogP) is 0.951. The highest BCUT2D eigenvalue weighted by atomic mass is 32.2. The third-order valence-electron chi connectivity index (χ3n) is 4.49. The first-order valence-corrected chi connectivity index (χ1v) is 10.7. The molecule has 0 aliphatic heterocycles. The van der Waals surface area contributed by atoms with Crippen molar-refractivity contribution in [2.24, 2.45) is 5.73 Å². The quantitative estimate of drug-likeness (QED) is 0.322. The molecule has 2 aromatic carbocycles. The van der Waals surface area contributed by atoms with E-state index in [4.69, 9.17) is 15.9 Å². The van der Waals surface area contributed by atoms with Gasteiger partial charge >= 0.3 is 11.9 Å². The SMILES string of the molecule is N[C@@H](CCC(=O)N[C@@H](CSCc1cccc2ccccc12)C(=O)NCC(=O)O)C(=O)O. The first kappa shape index (κ1) is 24.2. The van der Waals surface area contributed by atoms with E-state index in [0.717, 1.165) is 16.3 Å². The molecule has 10 heteroatoms. The number of hydrogen-bond acceptors (Lipinski definition) is 6. The number of carboxylic acid groups (broad SMARTS) is 2. The number of fused-ring (bicyclic) bond motifs is 1. The fraction of sp³-hybridized carbons (Fsp3) is 0.333. The van der Waals surface area contributed by atoms with Crippen LogP contribution >= 0.6 is 11.8 Å². The molecule has 2 rings (SSSR count). The maximum Gasteiger partial charge on any atom is 0.322 e. The first-order valence-electron chi connectivity index (χ1n) is 9.59. The summed E-state index contributed by atoms with van der Waals surface area (Å²) in [6.07, 6.45) is -0.238. The molecule has 0 bridgehead atoms. The average molecular weight is 448 g/mol. The van der Waals surface area contributed by atoms with Crippen LogP contribution in [0.1, 0.15) is 18.4 Å². The molecule has 0 aliphatic carbocycles. The maximum atomic E-state index is 12.4. The summed E-state index contributed by atoms with van der Waals surface area (Å²) in [5.74, 6) is -2.76. The van der Waals surface area contributed by atoms with Crippen LogP contribution in [0.15, 0.2) is 42.5 Å². The zero-order chi connectivity index (χ0) is 22.8. The molecule has 0 heterocycles. The van der Waals surface area contributed by atoms with Crippen LogP contribution in [0, 0.1) is 0 Å². The Labute approximate surface area is 183 Å². The molecule has 0 unspecified atom stereocenters. The van der Waals surface area contributed by atoms with Crippen LogP contribution < -0.4 is 16.4 Å². The van der Waals surface area contributed by atoms with Crippen molar-refractivity contribution in [3.8, 4) is 0 Å². The van der Waals surface area contributed by atoms with E-state index in [-0.39, 0.29) is 18.6 Å². The minimum atomic E-state index is -1.21. The fourth-order valence-corrected chi connectivity index (χ4v) is 3.91. The van der Waals surface area contributed by atoms with E-state index in [9.17, 15) is 19.2 Å². The molecule has 0 aromatic heterocycles. The van der Waals surface area contributed by atoms with Crippen molar-refractivity contribution >= 4 is 46.3 Å². The second-order valence-electron chi connectivity index (χ2n) is 6.87. The Bertz CT molecular complexity index is 946. The lowest BCUT2D eigenvalue weighted by molar-refractivity contribution is -0.139.